The van der Waals surface area contributed by atoms with Crippen molar-refractivity contribution in [3.63, 3.8) is 0 Å². The Hall–Kier alpha value is -1.82. The zero-order chi connectivity index (χ0) is 19.0. The van der Waals surface area contributed by atoms with Crippen molar-refractivity contribution in [3.05, 3.63) is 18.0 Å². The number of likely N-dealkylation sites (tertiary alicyclic amines) is 1. The number of amides is 2. The van der Waals surface area contributed by atoms with Gasteiger partial charge in [0.25, 0.3) is 0 Å². The summed E-state index contributed by atoms with van der Waals surface area (Å²) in [7, 11) is -0.126. The molecule has 0 aliphatic carbocycles. The van der Waals surface area contributed by atoms with Crippen molar-refractivity contribution < 1.29 is 26.4 Å². The van der Waals surface area contributed by atoms with Gasteiger partial charge in [-0.05, 0) is 6.07 Å². The van der Waals surface area contributed by atoms with E-state index in [0.717, 1.165) is 9.21 Å². The molecular formula is C13H20F3N5O3S. The summed E-state index contributed by atoms with van der Waals surface area (Å²) in [5.41, 5.74) is 0.542. The minimum absolute atomic E-state index is 0.0396. The van der Waals surface area contributed by atoms with E-state index in [-0.39, 0.29) is 6.54 Å². The van der Waals surface area contributed by atoms with Gasteiger partial charge in [0.15, 0.2) is 0 Å². The lowest BCUT2D eigenvalue weighted by atomic mass is 10.1. The molecule has 1 fully saturated rings. The van der Waals surface area contributed by atoms with Gasteiger partial charge in [-0.25, -0.2) is 17.5 Å². The van der Waals surface area contributed by atoms with Gasteiger partial charge in [0.1, 0.15) is 5.25 Å². The predicted molar refractivity (Wildman–Crippen MR) is 83.0 cm³/mol. The fourth-order valence-corrected chi connectivity index (χ4v) is 4.23. The van der Waals surface area contributed by atoms with Crippen molar-refractivity contribution in [1.82, 2.24) is 24.3 Å². The molecule has 2 rings (SSSR count). The van der Waals surface area contributed by atoms with Gasteiger partial charge < -0.3 is 10.2 Å². The van der Waals surface area contributed by atoms with Crippen molar-refractivity contribution in [2.45, 2.75) is 18.0 Å². The number of nitrogens with zero attached hydrogens (tertiary/aromatic N) is 4. The van der Waals surface area contributed by atoms with Crippen molar-refractivity contribution in [3.8, 4) is 0 Å². The van der Waals surface area contributed by atoms with Crippen molar-refractivity contribution >= 4 is 16.1 Å². The molecule has 0 spiro atoms. The number of hydrogen-bond donors (Lipinski definition) is 1. The third kappa shape index (κ3) is 4.24. The first-order valence-electron chi connectivity index (χ1n) is 7.42. The van der Waals surface area contributed by atoms with Gasteiger partial charge in [-0.15, -0.1) is 0 Å². The number of urea groups is 1. The van der Waals surface area contributed by atoms with E-state index in [1.807, 2.05) is 0 Å². The molecule has 1 aromatic rings. The fourth-order valence-electron chi connectivity index (χ4n) is 2.66. The first kappa shape index (κ1) is 19.5. The molecule has 1 N–H and O–H groups in total. The van der Waals surface area contributed by atoms with Crippen LogP contribution in [0.2, 0.25) is 0 Å². The lowest BCUT2D eigenvalue weighted by Gasteiger charge is -2.23. The Balaban J connectivity index is 2.11. The van der Waals surface area contributed by atoms with Crippen LogP contribution in [0.1, 0.15) is 5.69 Å². The molecule has 1 aliphatic heterocycles. The van der Waals surface area contributed by atoms with E-state index in [4.69, 9.17) is 0 Å². The van der Waals surface area contributed by atoms with Gasteiger partial charge in [-0.3, -0.25) is 4.68 Å². The molecule has 1 aliphatic rings. The Morgan fingerprint density at radius 1 is 1.40 bits per heavy atom. The van der Waals surface area contributed by atoms with Gasteiger partial charge in [0.05, 0.1) is 18.2 Å². The van der Waals surface area contributed by atoms with Crippen LogP contribution in [0.5, 0.6) is 0 Å². The van der Waals surface area contributed by atoms with Gasteiger partial charge >= 0.3 is 12.2 Å². The third-order valence-corrected chi connectivity index (χ3v) is 6.32. The molecule has 1 aromatic heterocycles. The van der Waals surface area contributed by atoms with Crippen molar-refractivity contribution in [2.75, 3.05) is 27.2 Å². The Bertz CT molecular complexity index is 732. The highest BCUT2D eigenvalue weighted by Gasteiger charge is 2.55. The number of carbonyl (C=O) groups is 1. The van der Waals surface area contributed by atoms with E-state index in [0.29, 0.717) is 5.69 Å². The second-order valence-corrected chi connectivity index (χ2v) is 8.42. The van der Waals surface area contributed by atoms with Crippen LogP contribution in [0.4, 0.5) is 18.0 Å². The number of sulfonamides is 1. The minimum Gasteiger partial charge on any atom is -0.332 e. The van der Waals surface area contributed by atoms with Crippen LogP contribution in [0.25, 0.3) is 0 Å². The molecule has 0 aromatic carbocycles. The molecule has 25 heavy (non-hydrogen) atoms. The summed E-state index contributed by atoms with van der Waals surface area (Å²) < 4.78 is 66.4. The molecule has 0 radical (unpaired) electrons. The summed E-state index contributed by atoms with van der Waals surface area (Å²) >= 11 is 0. The highest BCUT2D eigenvalue weighted by molar-refractivity contribution is 7.89. The van der Waals surface area contributed by atoms with Crippen LogP contribution in [0.15, 0.2) is 12.3 Å². The van der Waals surface area contributed by atoms with Crippen LogP contribution in [0, 0.1) is 5.92 Å². The Labute approximate surface area is 143 Å². The summed E-state index contributed by atoms with van der Waals surface area (Å²) in [6.07, 6.45) is -3.06. The van der Waals surface area contributed by atoms with E-state index in [1.54, 1.807) is 19.3 Å². The average Bonchev–Trinajstić information content (AvgIpc) is 3.10. The molecule has 8 nitrogen and oxygen atoms in total. The van der Waals surface area contributed by atoms with Crippen molar-refractivity contribution in [2.24, 2.45) is 13.0 Å². The molecular weight excluding hydrogens is 363 g/mol. The summed E-state index contributed by atoms with van der Waals surface area (Å²) in [5.74, 6) is -2.12. The second-order valence-electron chi connectivity index (χ2n) is 6.06. The quantitative estimate of drug-likeness (QED) is 0.815. The lowest BCUT2D eigenvalue weighted by molar-refractivity contribution is -0.169. The van der Waals surface area contributed by atoms with E-state index >= 15 is 0 Å². The van der Waals surface area contributed by atoms with Gasteiger partial charge in [-0.2, -0.15) is 18.3 Å². The van der Waals surface area contributed by atoms with Crippen LogP contribution in [-0.4, -0.2) is 72.0 Å². The maximum absolute atomic E-state index is 13.2. The number of carbonyl (C=O) groups excluding carboxylic acids is 1. The summed E-state index contributed by atoms with van der Waals surface area (Å²) in [6.45, 7) is -1.17. The Morgan fingerprint density at radius 3 is 2.52 bits per heavy atom. The molecule has 2 atom stereocenters. The monoisotopic (exact) mass is 383 g/mol. The van der Waals surface area contributed by atoms with E-state index < -0.39 is 46.5 Å². The van der Waals surface area contributed by atoms with Crippen LogP contribution in [-0.2, 0) is 23.6 Å². The van der Waals surface area contributed by atoms with Crippen LogP contribution < -0.4 is 5.32 Å². The van der Waals surface area contributed by atoms with E-state index in [1.165, 1.54) is 18.8 Å². The average molecular weight is 383 g/mol. The summed E-state index contributed by atoms with van der Waals surface area (Å²) in [4.78, 5) is 13.0. The predicted octanol–water partition coefficient (Wildman–Crippen LogP) is 0.384. The maximum Gasteiger partial charge on any atom is 0.394 e. The van der Waals surface area contributed by atoms with Crippen LogP contribution in [0.3, 0.4) is 0 Å². The van der Waals surface area contributed by atoms with Gasteiger partial charge in [0, 0.05) is 40.4 Å². The lowest BCUT2D eigenvalue weighted by Crippen LogP contribution is -2.43. The molecule has 0 bridgehead atoms. The number of halogens is 3. The smallest absolute Gasteiger partial charge is 0.332 e. The van der Waals surface area contributed by atoms with E-state index in [9.17, 15) is 26.4 Å². The zero-order valence-corrected chi connectivity index (χ0v) is 14.8. The standard InChI is InChI=1S/C13H20F3N5O3S/c1-19(2)25(23,24)11-8-21(7-10(11)13(14,15)16)12(22)17-6-9-4-5-20(3)18-9/h4-5,10-11H,6-8H2,1-3H3,(H,17,22)/t10-,11-/m1/s1. The molecule has 0 saturated carbocycles. The zero-order valence-electron chi connectivity index (χ0n) is 14.0. The topological polar surface area (TPSA) is 87.5 Å². The number of hydrogen-bond acceptors (Lipinski definition) is 4. The molecule has 2 amide bonds. The van der Waals surface area contributed by atoms with Crippen LogP contribution >= 0.6 is 0 Å². The summed E-state index contributed by atoms with van der Waals surface area (Å²) in [5, 5.41) is 4.79. The number of rotatable bonds is 4. The van der Waals surface area contributed by atoms with Gasteiger partial charge in [-0.1, -0.05) is 0 Å². The SMILES string of the molecule is CN(C)S(=O)(=O)[C@@H]1CN(C(=O)NCc2ccn(C)n2)C[C@H]1C(F)(F)F. The first-order chi connectivity index (χ1) is 11.4. The largest absolute Gasteiger partial charge is 0.394 e. The summed E-state index contributed by atoms with van der Waals surface area (Å²) in [6, 6.07) is 0.901. The van der Waals surface area contributed by atoms with Gasteiger partial charge in [0.2, 0.25) is 10.0 Å². The fraction of sp³-hybridized carbons (Fsp3) is 0.692. The molecule has 1 saturated heterocycles. The van der Waals surface area contributed by atoms with Crippen molar-refractivity contribution in [1.29, 1.82) is 0 Å². The minimum atomic E-state index is -4.72. The molecule has 12 heteroatoms. The van der Waals surface area contributed by atoms with E-state index in [2.05, 4.69) is 10.4 Å². The highest BCUT2D eigenvalue weighted by Crippen LogP contribution is 2.37. The Kier molecular flexibility index (Phi) is 5.33. The number of aryl methyl sites for hydroxylation is 1. The maximum atomic E-state index is 13.2. The Morgan fingerprint density at radius 2 is 2.04 bits per heavy atom. The third-order valence-electron chi connectivity index (χ3n) is 4.05. The number of aromatic nitrogens is 2. The molecule has 0 unspecified atom stereocenters. The first-order valence-corrected chi connectivity index (χ1v) is 8.92. The number of nitrogens with one attached hydrogen (secondary N) is 1. The number of alkyl halides is 3. The highest BCUT2D eigenvalue weighted by atomic mass is 32.2. The second kappa shape index (κ2) is 6.83. The molecule has 142 valence electrons. The molecule has 2 heterocycles. The normalized spacial score (nSPS) is 21.8.